The molecule has 0 aromatic heterocycles. The number of methoxy groups -OCH3 is 1. The lowest BCUT2D eigenvalue weighted by molar-refractivity contribution is -0.152. The molecule has 3 aliphatic rings. The molecule has 1 saturated carbocycles. The summed E-state index contributed by atoms with van der Waals surface area (Å²) in [5.74, 6) is -0.397. The number of amides is 2. The summed E-state index contributed by atoms with van der Waals surface area (Å²) in [6.07, 6.45) is 0.696. The summed E-state index contributed by atoms with van der Waals surface area (Å²) in [6.45, 7) is 0.0838. The summed E-state index contributed by atoms with van der Waals surface area (Å²) in [5, 5.41) is 2.81. The van der Waals surface area contributed by atoms with Gasteiger partial charge in [0.2, 0.25) is 0 Å². The minimum atomic E-state index is -0.711. The number of nitrogens with zero attached hydrogens (tertiary/aromatic N) is 1. The molecule has 6 rings (SSSR count). The molecule has 0 bridgehead atoms. The van der Waals surface area contributed by atoms with Gasteiger partial charge in [-0.05, 0) is 54.0 Å². The second-order valence-electron chi connectivity index (χ2n) is 9.44. The highest BCUT2D eigenvalue weighted by molar-refractivity contribution is 8.04. The topological polar surface area (TPSA) is 84.9 Å². The van der Waals surface area contributed by atoms with Crippen LogP contribution in [0.5, 0.6) is 5.75 Å². The second-order valence-corrected chi connectivity index (χ2v) is 12.0. The van der Waals surface area contributed by atoms with Crippen molar-refractivity contribution in [3.05, 3.63) is 107 Å². The van der Waals surface area contributed by atoms with E-state index in [1.54, 1.807) is 54.9 Å². The van der Waals surface area contributed by atoms with Crippen LogP contribution in [0.1, 0.15) is 22.3 Å². The van der Waals surface area contributed by atoms with Crippen molar-refractivity contribution < 1.29 is 23.9 Å². The SMILES string of the molecule is COc1ccc(COC(=O)C2=C3C[C@@H](Sc4ccccc4)[C@@H]3S[C@@H]3[C@H](NC(=O)c4ccccc4)C(=O)N23)cc1. The van der Waals surface area contributed by atoms with Gasteiger partial charge in [-0.15, -0.1) is 23.5 Å². The van der Waals surface area contributed by atoms with Gasteiger partial charge in [-0.3, -0.25) is 14.5 Å². The minimum Gasteiger partial charge on any atom is -0.497 e. The molecule has 0 radical (unpaired) electrons. The number of esters is 1. The maximum Gasteiger partial charge on any atom is 0.355 e. The van der Waals surface area contributed by atoms with Crippen molar-refractivity contribution in [1.82, 2.24) is 10.2 Å². The van der Waals surface area contributed by atoms with Crippen LogP contribution in [0.15, 0.2) is 101 Å². The summed E-state index contributed by atoms with van der Waals surface area (Å²) >= 11 is 3.41. The number of carbonyl (C=O) groups is 3. The Kier molecular flexibility index (Phi) is 7.10. The number of thioether (sulfide) groups is 2. The molecule has 0 unspecified atom stereocenters. The van der Waals surface area contributed by atoms with Crippen LogP contribution in [0.2, 0.25) is 0 Å². The van der Waals surface area contributed by atoms with Gasteiger partial charge in [0.1, 0.15) is 29.5 Å². The van der Waals surface area contributed by atoms with E-state index in [0.29, 0.717) is 17.7 Å². The van der Waals surface area contributed by atoms with Gasteiger partial charge in [-0.2, -0.15) is 0 Å². The van der Waals surface area contributed by atoms with Crippen molar-refractivity contribution >= 4 is 41.3 Å². The van der Waals surface area contributed by atoms with Crippen LogP contribution >= 0.6 is 23.5 Å². The molecule has 1 N–H and O–H groups in total. The van der Waals surface area contributed by atoms with E-state index < -0.39 is 12.0 Å². The number of β-lactam (4-membered cyclic amide) rings is 1. The number of carbonyl (C=O) groups excluding carboxylic acids is 3. The van der Waals surface area contributed by atoms with Crippen molar-refractivity contribution in [3.63, 3.8) is 0 Å². The van der Waals surface area contributed by atoms with Gasteiger partial charge in [0.25, 0.3) is 11.8 Å². The Bertz CT molecular complexity index is 1430. The highest BCUT2D eigenvalue weighted by Crippen LogP contribution is 2.56. The summed E-state index contributed by atoms with van der Waals surface area (Å²) < 4.78 is 10.9. The Hall–Kier alpha value is -3.69. The maximum absolute atomic E-state index is 13.4. The molecule has 2 amide bonds. The predicted molar refractivity (Wildman–Crippen MR) is 150 cm³/mol. The number of rotatable bonds is 8. The van der Waals surface area contributed by atoms with Crippen molar-refractivity contribution in [2.75, 3.05) is 7.11 Å². The van der Waals surface area contributed by atoms with E-state index in [4.69, 9.17) is 9.47 Å². The maximum atomic E-state index is 13.4. The van der Waals surface area contributed by atoms with Crippen LogP contribution in [0.25, 0.3) is 0 Å². The quantitative estimate of drug-likeness (QED) is 0.319. The van der Waals surface area contributed by atoms with Crippen LogP contribution in [0.3, 0.4) is 0 Å². The van der Waals surface area contributed by atoms with Crippen molar-refractivity contribution in [3.8, 4) is 5.75 Å². The van der Waals surface area contributed by atoms with Gasteiger partial charge < -0.3 is 14.8 Å². The monoisotopic (exact) mass is 558 g/mol. The lowest BCUT2D eigenvalue weighted by Crippen LogP contribution is -2.72. The first kappa shape index (κ1) is 25.6. The molecule has 9 heteroatoms. The first-order valence-electron chi connectivity index (χ1n) is 12.6. The molecule has 39 heavy (non-hydrogen) atoms. The van der Waals surface area contributed by atoms with E-state index >= 15 is 0 Å². The summed E-state index contributed by atoms with van der Waals surface area (Å²) in [7, 11) is 1.60. The minimum absolute atomic E-state index is 0.0456. The van der Waals surface area contributed by atoms with Crippen molar-refractivity contribution in [2.45, 2.75) is 39.8 Å². The number of nitrogens with one attached hydrogen (secondary N) is 1. The first-order chi connectivity index (χ1) is 19.0. The van der Waals surface area contributed by atoms with Gasteiger partial charge >= 0.3 is 5.97 Å². The Labute approximate surface area is 234 Å². The summed E-state index contributed by atoms with van der Waals surface area (Å²) in [6, 6.07) is 25.6. The fourth-order valence-corrected chi connectivity index (χ4v) is 8.13. The fraction of sp³-hybridized carbons (Fsp3) is 0.233. The summed E-state index contributed by atoms with van der Waals surface area (Å²) in [5.41, 5.74) is 2.58. The molecule has 1 saturated heterocycles. The van der Waals surface area contributed by atoms with Gasteiger partial charge in [0, 0.05) is 21.0 Å². The van der Waals surface area contributed by atoms with E-state index in [1.165, 1.54) is 4.90 Å². The van der Waals surface area contributed by atoms with Gasteiger partial charge in [-0.25, -0.2) is 4.79 Å². The average Bonchev–Trinajstić information content (AvgIpc) is 2.98. The highest BCUT2D eigenvalue weighted by atomic mass is 32.2. The smallest absolute Gasteiger partial charge is 0.355 e. The van der Waals surface area contributed by atoms with E-state index in [2.05, 4.69) is 17.4 Å². The molecule has 3 aromatic rings. The highest BCUT2D eigenvalue weighted by Gasteiger charge is 2.60. The van der Waals surface area contributed by atoms with Crippen LogP contribution in [0, 0.1) is 0 Å². The molecule has 2 heterocycles. The molecular weight excluding hydrogens is 532 g/mol. The first-order valence-corrected chi connectivity index (χ1v) is 14.4. The third-order valence-electron chi connectivity index (χ3n) is 7.05. The fourth-order valence-electron chi connectivity index (χ4n) is 4.94. The number of ether oxygens (including phenoxy) is 2. The molecule has 2 aliphatic heterocycles. The zero-order valence-corrected chi connectivity index (χ0v) is 22.7. The van der Waals surface area contributed by atoms with Crippen LogP contribution in [-0.4, -0.2) is 51.7 Å². The Morgan fingerprint density at radius 2 is 1.69 bits per heavy atom. The van der Waals surface area contributed by atoms with Crippen LogP contribution in [-0.2, 0) is 20.9 Å². The number of benzene rings is 3. The lowest BCUT2D eigenvalue weighted by atomic mass is 9.86. The molecule has 2 fully saturated rings. The Morgan fingerprint density at radius 1 is 1.00 bits per heavy atom. The van der Waals surface area contributed by atoms with Crippen molar-refractivity contribution in [1.29, 1.82) is 0 Å². The van der Waals surface area contributed by atoms with Crippen LogP contribution in [0.4, 0.5) is 0 Å². The van der Waals surface area contributed by atoms with Crippen LogP contribution < -0.4 is 10.1 Å². The normalized spacial score (nSPS) is 23.1. The number of fused-ring (bicyclic) bond motifs is 2. The van der Waals surface area contributed by atoms with E-state index in [0.717, 1.165) is 21.8 Å². The average molecular weight is 559 g/mol. The standard InChI is InChI=1S/C30H26N2O5S2/c1-36-20-14-12-18(13-15-20)17-37-30(35)25-22-16-23(38-21-10-6-3-7-11-21)26(22)39-29-24(28(34)32(25)29)31-27(33)19-8-4-2-5-9-19/h2-15,23-24,26,29H,16-17H2,1H3,(H,31,33)/t23-,24-,26-,29-/m1/s1. The zero-order valence-electron chi connectivity index (χ0n) is 21.1. The molecule has 4 atom stereocenters. The van der Waals surface area contributed by atoms with Crippen molar-refractivity contribution in [2.24, 2.45) is 0 Å². The zero-order chi connectivity index (χ0) is 26.9. The second kappa shape index (κ2) is 10.8. The largest absolute Gasteiger partial charge is 0.497 e. The third kappa shape index (κ3) is 4.92. The molecule has 0 spiro atoms. The van der Waals surface area contributed by atoms with Gasteiger partial charge in [-0.1, -0.05) is 48.5 Å². The number of hydrogen-bond acceptors (Lipinski definition) is 7. The van der Waals surface area contributed by atoms with Gasteiger partial charge in [0.15, 0.2) is 0 Å². The summed E-state index contributed by atoms with van der Waals surface area (Å²) in [4.78, 5) is 42.3. The van der Waals surface area contributed by atoms with E-state index in [-0.39, 0.29) is 34.3 Å². The predicted octanol–water partition coefficient (Wildman–Crippen LogP) is 4.64. The molecule has 3 aromatic carbocycles. The molecular formula is C30H26N2O5S2. The number of hydrogen-bond donors (Lipinski definition) is 1. The molecule has 198 valence electrons. The Morgan fingerprint density at radius 3 is 2.38 bits per heavy atom. The van der Waals surface area contributed by atoms with Gasteiger partial charge in [0.05, 0.1) is 7.11 Å². The molecule has 1 aliphatic carbocycles. The molecule has 7 nitrogen and oxygen atoms in total. The third-order valence-corrected chi connectivity index (χ3v) is 10.2. The lowest BCUT2D eigenvalue weighted by Gasteiger charge is -2.56. The van der Waals surface area contributed by atoms with E-state index in [1.807, 2.05) is 48.5 Å². The van der Waals surface area contributed by atoms with E-state index in [9.17, 15) is 14.4 Å². The Balaban J connectivity index is 1.22.